The second-order valence-corrected chi connectivity index (χ2v) is 5.34. The lowest BCUT2D eigenvalue weighted by Gasteiger charge is -2.06. The van der Waals surface area contributed by atoms with Crippen LogP contribution in [0.25, 0.3) is 0 Å². The number of carbonyl (C=O) groups is 1. The largest absolute Gasteiger partial charge is 0.376 e. The maximum Gasteiger partial charge on any atom is 0.244 e. The molecule has 0 fully saturated rings. The van der Waals surface area contributed by atoms with E-state index < -0.39 is 0 Å². The number of anilines is 2. The van der Waals surface area contributed by atoms with Crippen LogP contribution >= 0.6 is 0 Å². The highest BCUT2D eigenvalue weighted by molar-refractivity contribution is 5.92. The van der Waals surface area contributed by atoms with Crippen molar-refractivity contribution in [1.82, 2.24) is 14.8 Å². The molecule has 0 spiro atoms. The summed E-state index contributed by atoms with van der Waals surface area (Å²) in [6, 6.07) is 14.5. The molecule has 3 aromatic rings. The standard InChI is InChI=1S/C18H16N6O/c19-11-14-1-3-16(4-2-14)21-12-18(25)22-17-7-10-24(23-17)13-15-5-8-20-9-6-15/h1-10,21H,12-13H2,(H,22,23,25). The number of rotatable bonds is 6. The van der Waals surface area contributed by atoms with Crippen LogP contribution < -0.4 is 10.6 Å². The fourth-order valence-electron chi connectivity index (χ4n) is 2.22. The first-order valence-corrected chi connectivity index (χ1v) is 7.69. The van der Waals surface area contributed by atoms with Gasteiger partial charge < -0.3 is 10.6 Å². The maximum atomic E-state index is 12.0. The predicted molar refractivity (Wildman–Crippen MR) is 93.8 cm³/mol. The third kappa shape index (κ3) is 4.65. The monoisotopic (exact) mass is 332 g/mol. The summed E-state index contributed by atoms with van der Waals surface area (Å²) in [5.41, 5.74) is 2.44. The molecule has 2 heterocycles. The summed E-state index contributed by atoms with van der Waals surface area (Å²) < 4.78 is 1.75. The smallest absolute Gasteiger partial charge is 0.244 e. The molecule has 0 unspecified atom stereocenters. The number of nitrogens with one attached hydrogen (secondary N) is 2. The van der Waals surface area contributed by atoms with E-state index in [0.29, 0.717) is 17.9 Å². The lowest BCUT2D eigenvalue weighted by Crippen LogP contribution is -2.22. The van der Waals surface area contributed by atoms with Crippen molar-refractivity contribution >= 4 is 17.4 Å². The highest BCUT2D eigenvalue weighted by Gasteiger charge is 2.05. The molecule has 0 aliphatic heterocycles. The van der Waals surface area contributed by atoms with E-state index in [1.165, 1.54) is 0 Å². The Morgan fingerprint density at radius 2 is 1.88 bits per heavy atom. The fourth-order valence-corrected chi connectivity index (χ4v) is 2.22. The van der Waals surface area contributed by atoms with Gasteiger partial charge in [-0.15, -0.1) is 0 Å². The van der Waals surface area contributed by atoms with Gasteiger partial charge in [0.2, 0.25) is 5.91 Å². The Kier molecular flexibility index (Phi) is 5.02. The van der Waals surface area contributed by atoms with Crippen LogP contribution in [0, 0.1) is 11.3 Å². The van der Waals surface area contributed by atoms with E-state index in [1.807, 2.05) is 18.3 Å². The molecule has 2 aromatic heterocycles. The molecule has 0 saturated heterocycles. The number of carbonyl (C=O) groups excluding carboxylic acids is 1. The first-order valence-electron chi connectivity index (χ1n) is 7.69. The Hall–Kier alpha value is -3.66. The van der Waals surface area contributed by atoms with Crippen molar-refractivity contribution in [3.05, 3.63) is 72.2 Å². The topological polar surface area (TPSA) is 95.6 Å². The van der Waals surface area contributed by atoms with Crippen molar-refractivity contribution in [3.63, 3.8) is 0 Å². The van der Waals surface area contributed by atoms with E-state index in [0.717, 1.165) is 11.3 Å². The van der Waals surface area contributed by atoms with Gasteiger partial charge in [-0.25, -0.2) is 0 Å². The summed E-state index contributed by atoms with van der Waals surface area (Å²) in [5, 5.41) is 18.8. The molecule has 3 rings (SSSR count). The number of hydrogen-bond acceptors (Lipinski definition) is 5. The Morgan fingerprint density at radius 1 is 1.12 bits per heavy atom. The lowest BCUT2D eigenvalue weighted by molar-refractivity contribution is -0.114. The molecule has 0 radical (unpaired) electrons. The van der Waals surface area contributed by atoms with Gasteiger partial charge in [0.05, 0.1) is 24.7 Å². The molecular weight excluding hydrogens is 316 g/mol. The molecule has 2 N–H and O–H groups in total. The molecule has 25 heavy (non-hydrogen) atoms. The SMILES string of the molecule is N#Cc1ccc(NCC(=O)Nc2ccn(Cc3ccncc3)n2)cc1. The van der Waals surface area contributed by atoms with Crippen LogP contribution in [0.5, 0.6) is 0 Å². The molecule has 0 atom stereocenters. The number of nitriles is 1. The Balaban J connectivity index is 1.50. The van der Waals surface area contributed by atoms with Crippen molar-refractivity contribution in [3.8, 4) is 6.07 Å². The van der Waals surface area contributed by atoms with Crippen LogP contribution in [0.15, 0.2) is 61.1 Å². The first kappa shape index (κ1) is 16.2. The summed E-state index contributed by atoms with van der Waals surface area (Å²) in [6.45, 7) is 0.727. The Labute approximate surface area is 144 Å². The number of benzene rings is 1. The van der Waals surface area contributed by atoms with Gasteiger partial charge in [-0.1, -0.05) is 0 Å². The molecule has 1 amide bonds. The van der Waals surface area contributed by atoms with Crippen LogP contribution in [0.2, 0.25) is 0 Å². The maximum absolute atomic E-state index is 12.0. The van der Waals surface area contributed by atoms with Gasteiger partial charge >= 0.3 is 0 Å². The van der Waals surface area contributed by atoms with Crippen molar-refractivity contribution in [1.29, 1.82) is 5.26 Å². The minimum absolute atomic E-state index is 0.114. The number of hydrogen-bond donors (Lipinski definition) is 2. The van der Waals surface area contributed by atoms with Crippen LogP contribution in [-0.2, 0) is 11.3 Å². The molecular formula is C18H16N6O. The quantitative estimate of drug-likeness (QED) is 0.722. The van der Waals surface area contributed by atoms with Crippen LogP contribution in [0.4, 0.5) is 11.5 Å². The van der Waals surface area contributed by atoms with Gasteiger partial charge in [-0.3, -0.25) is 14.5 Å². The van der Waals surface area contributed by atoms with E-state index in [1.54, 1.807) is 47.4 Å². The minimum Gasteiger partial charge on any atom is -0.376 e. The predicted octanol–water partition coefficient (Wildman–Crippen LogP) is 2.25. The zero-order valence-corrected chi connectivity index (χ0v) is 13.4. The first-order chi connectivity index (χ1) is 12.2. The van der Waals surface area contributed by atoms with Crippen molar-refractivity contribution in [2.75, 3.05) is 17.2 Å². The highest BCUT2D eigenvalue weighted by atomic mass is 16.2. The highest BCUT2D eigenvalue weighted by Crippen LogP contribution is 2.09. The van der Waals surface area contributed by atoms with E-state index >= 15 is 0 Å². The second-order valence-electron chi connectivity index (χ2n) is 5.34. The molecule has 124 valence electrons. The lowest BCUT2D eigenvalue weighted by atomic mass is 10.2. The average Bonchev–Trinajstić information content (AvgIpc) is 3.08. The zero-order chi connectivity index (χ0) is 17.5. The van der Waals surface area contributed by atoms with Gasteiger partial charge in [0, 0.05) is 30.3 Å². The molecule has 1 aromatic carbocycles. The number of nitrogens with zero attached hydrogens (tertiary/aromatic N) is 4. The third-order valence-corrected chi connectivity index (χ3v) is 3.47. The second kappa shape index (κ2) is 7.75. The summed E-state index contributed by atoms with van der Waals surface area (Å²) in [5.74, 6) is 0.305. The Morgan fingerprint density at radius 3 is 2.60 bits per heavy atom. The van der Waals surface area contributed by atoms with Gasteiger partial charge in [-0.2, -0.15) is 10.4 Å². The summed E-state index contributed by atoms with van der Waals surface area (Å²) >= 11 is 0. The summed E-state index contributed by atoms with van der Waals surface area (Å²) in [7, 11) is 0. The minimum atomic E-state index is -0.196. The van der Waals surface area contributed by atoms with Gasteiger partial charge in [0.1, 0.15) is 0 Å². The van der Waals surface area contributed by atoms with Gasteiger partial charge in [0.15, 0.2) is 5.82 Å². The number of pyridine rings is 1. The molecule has 7 heteroatoms. The van der Waals surface area contributed by atoms with E-state index in [-0.39, 0.29) is 12.5 Å². The Bertz CT molecular complexity index is 880. The third-order valence-electron chi connectivity index (χ3n) is 3.47. The zero-order valence-electron chi connectivity index (χ0n) is 13.4. The van der Waals surface area contributed by atoms with Crippen LogP contribution in [0.3, 0.4) is 0 Å². The van der Waals surface area contributed by atoms with Gasteiger partial charge in [0.25, 0.3) is 0 Å². The van der Waals surface area contributed by atoms with Gasteiger partial charge in [-0.05, 0) is 42.0 Å². The molecule has 0 bridgehead atoms. The normalized spacial score (nSPS) is 10.0. The van der Waals surface area contributed by atoms with Crippen molar-refractivity contribution in [2.45, 2.75) is 6.54 Å². The molecule has 0 saturated carbocycles. The molecule has 0 aliphatic rings. The fraction of sp³-hybridized carbons (Fsp3) is 0.111. The van der Waals surface area contributed by atoms with E-state index in [2.05, 4.69) is 26.8 Å². The van der Waals surface area contributed by atoms with Crippen LogP contribution in [-0.4, -0.2) is 27.2 Å². The average molecular weight is 332 g/mol. The molecule has 7 nitrogen and oxygen atoms in total. The summed E-state index contributed by atoms with van der Waals surface area (Å²) in [6.07, 6.45) is 5.27. The number of amides is 1. The van der Waals surface area contributed by atoms with Crippen molar-refractivity contribution in [2.24, 2.45) is 0 Å². The van der Waals surface area contributed by atoms with Crippen LogP contribution in [0.1, 0.15) is 11.1 Å². The molecule has 0 aliphatic carbocycles. The number of aromatic nitrogens is 3. The van der Waals surface area contributed by atoms with E-state index in [9.17, 15) is 4.79 Å². The van der Waals surface area contributed by atoms with Crippen molar-refractivity contribution < 1.29 is 4.79 Å². The summed E-state index contributed by atoms with van der Waals surface area (Å²) in [4.78, 5) is 16.0. The van der Waals surface area contributed by atoms with E-state index in [4.69, 9.17) is 5.26 Å².